The van der Waals surface area contributed by atoms with Crippen LogP contribution in [0.1, 0.15) is 20.3 Å². The average Bonchev–Trinajstić information content (AvgIpc) is 2.00. The van der Waals surface area contributed by atoms with Gasteiger partial charge < -0.3 is 19.7 Å². The molecule has 1 unspecified atom stereocenters. The number of hydrogen-bond donors (Lipinski definition) is 2. The highest BCUT2D eigenvalue weighted by atomic mass is 16.6. The summed E-state index contributed by atoms with van der Waals surface area (Å²) in [5, 5.41) is 18.9. The van der Waals surface area contributed by atoms with Crippen LogP contribution in [0.2, 0.25) is 0 Å². The molecule has 4 nitrogen and oxygen atoms in total. The maximum Gasteiger partial charge on any atom is 0.157 e. The Kier molecular flexibility index (Phi) is 2.73. The van der Waals surface area contributed by atoms with Crippen LogP contribution in [0.15, 0.2) is 0 Å². The van der Waals surface area contributed by atoms with Crippen molar-refractivity contribution >= 4 is 0 Å². The minimum absolute atomic E-state index is 0.301. The van der Waals surface area contributed by atoms with E-state index in [-0.39, 0.29) is 0 Å². The predicted molar refractivity (Wildman–Crippen MR) is 42.6 cm³/mol. The lowest BCUT2D eigenvalue weighted by Gasteiger charge is -2.42. The van der Waals surface area contributed by atoms with Gasteiger partial charge in [0.1, 0.15) is 6.10 Å². The van der Waals surface area contributed by atoms with Crippen LogP contribution in [-0.4, -0.2) is 41.4 Å². The van der Waals surface area contributed by atoms with E-state index in [9.17, 15) is 10.2 Å². The number of aliphatic hydroxyl groups is 2. The molecular formula is C8H16O4. The summed E-state index contributed by atoms with van der Waals surface area (Å²) in [5.41, 5.74) is -0.697. The second-order valence-electron chi connectivity index (χ2n) is 3.46. The summed E-state index contributed by atoms with van der Waals surface area (Å²) in [7, 11) is 1.52. The number of ether oxygens (including phenoxy) is 2. The first-order valence-corrected chi connectivity index (χ1v) is 4.06. The molecule has 1 saturated heterocycles. The monoisotopic (exact) mass is 176 g/mol. The summed E-state index contributed by atoms with van der Waals surface area (Å²) in [4.78, 5) is 0. The lowest BCUT2D eigenvalue weighted by atomic mass is 9.89. The quantitative estimate of drug-likeness (QED) is 0.584. The maximum atomic E-state index is 9.65. The standard InChI is InChI=1S/C8H16O4/c1-5-7(10)8(2,11-3)4-6(9)12-5/h5-7,9-10H,4H2,1-3H3/t5?,6-,7+,8-/m1/s1. The summed E-state index contributed by atoms with van der Waals surface area (Å²) in [6.07, 6.45) is -1.62. The van der Waals surface area contributed by atoms with E-state index in [0.29, 0.717) is 6.42 Å². The third-order valence-electron chi connectivity index (χ3n) is 2.49. The molecule has 0 saturated carbocycles. The molecule has 0 bridgehead atoms. The summed E-state index contributed by atoms with van der Waals surface area (Å²) < 4.78 is 10.2. The summed E-state index contributed by atoms with van der Waals surface area (Å²) in [5.74, 6) is 0. The molecular weight excluding hydrogens is 160 g/mol. The van der Waals surface area contributed by atoms with Gasteiger partial charge in [0, 0.05) is 13.5 Å². The first kappa shape index (κ1) is 9.92. The molecule has 12 heavy (non-hydrogen) atoms. The second kappa shape index (κ2) is 3.30. The molecule has 1 rings (SSSR count). The van der Waals surface area contributed by atoms with Gasteiger partial charge in [-0.25, -0.2) is 0 Å². The lowest BCUT2D eigenvalue weighted by molar-refractivity contribution is -0.263. The van der Waals surface area contributed by atoms with Crippen LogP contribution in [0.25, 0.3) is 0 Å². The highest BCUT2D eigenvalue weighted by Gasteiger charge is 2.44. The number of aliphatic hydroxyl groups excluding tert-OH is 2. The molecule has 4 heteroatoms. The molecule has 0 spiro atoms. The Morgan fingerprint density at radius 2 is 2.08 bits per heavy atom. The normalized spacial score (nSPS) is 49.2. The van der Waals surface area contributed by atoms with Crippen LogP contribution in [0.3, 0.4) is 0 Å². The van der Waals surface area contributed by atoms with Crippen molar-refractivity contribution < 1.29 is 19.7 Å². The molecule has 0 radical (unpaired) electrons. The van der Waals surface area contributed by atoms with Gasteiger partial charge in [-0.3, -0.25) is 0 Å². The molecule has 1 fully saturated rings. The number of hydrogen-bond acceptors (Lipinski definition) is 4. The zero-order chi connectivity index (χ0) is 9.35. The van der Waals surface area contributed by atoms with E-state index in [1.807, 2.05) is 0 Å². The van der Waals surface area contributed by atoms with Crippen LogP contribution in [0, 0.1) is 0 Å². The van der Waals surface area contributed by atoms with Gasteiger partial charge in [0.05, 0.1) is 11.7 Å². The van der Waals surface area contributed by atoms with E-state index in [4.69, 9.17) is 9.47 Å². The van der Waals surface area contributed by atoms with Crippen molar-refractivity contribution in [3.8, 4) is 0 Å². The van der Waals surface area contributed by atoms with E-state index < -0.39 is 24.1 Å². The van der Waals surface area contributed by atoms with Crippen molar-refractivity contribution in [3.05, 3.63) is 0 Å². The lowest BCUT2D eigenvalue weighted by Crippen LogP contribution is -2.55. The molecule has 1 aliphatic rings. The molecule has 0 aromatic rings. The van der Waals surface area contributed by atoms with Crippen molar-refractivity contribution in [2.24, 2.45) is 0 Å². The van der Waals surface area contributed by atoms with Crippen molar-refractivity contribution in [3.63, 3.8) is 0 Å². The highest BCUT2D eigenvalue weighted by Crippen LogP contribution is 2.30. The molecule has 0 amide bonds. The predicted octanol–water partition coefficient (Wildman–Crippen LogP) is -0.120. The van der Waals surface area contributed by atoms with Gasteiger partial charge in [0.25, 0.3) is 0 Å². The van der Waals surface area contributed by atoms with E-state index in [2.05, 4.69) is 0 Å². The van der Waals surface area contributed by atoms with Gasteiger partial charge in [-0.2, -0.15) is 0 Å². The van der Waals surface area contributed by atoms with Gasteiger partial charge in [-0.1, -0.05) is 0 Å². The molecule has 0 aromatic carbocycles. The largest absolute Gasteiger partial charge is 0.387 e. The van der Waals surface area contributed by atoms with E-state index in [0.717, 1.165) is 0 Å². The van der Waals surface area contributed by atoms with Crippen LogP contribution >= 0.6 is 0 Å². The van der Waals surface area contributed by atoms with Crippen LogP contribution < -0.4 is 0 Å². The average molecular weight is 176 g/mol. The molecule has 0 aliphatic carbocycles. The van der Waals surface area contributed by atoms with E-state index in [1.165, 1.54) is 7.11 Å². The Labute approximate surface area is 72.1 Å². The van der Waals surface area contributed by atoms with Crippen LogP contribution in [-0.2, 0) is 9.47 Å². The van der Waals surface area contributed by atoms with Crippen molar-refractivity contribution in [1.29, 1.82) is 0 Å². The van der Waals surface area contributed by atoms with Gasteiger partial charge in [0.2, 0.25) is 0 Å². The SMILES string of the molecule is CO[C@]1(C)C[C@H](O)OC(C)[C@@H]1O. The van der Waals surface area contributed by atoms with Crippen LogP contribution in [0.5, 0.6) is 0 Å². The Hall–Kier alpha value is -0.160. The van der Waals surface area contributed by atoms with Gasteiger partial charge in [-0.15, -0.1) is 0 Å². The van der Waals surface area contributed by atoms with Crippen molar-refractivity contribution in [1.82, 2.24) is 0 Å². The Bertz CT molecular complexity index is 161. The molecule has 1 aliphatic heterocycles. The Balaban J connectivity index is 2.72. The fourth-order valence-corrected chi connectivity index (χ4v) is 1.54. The molecule has 4 atom stereocenters. The minimum atomic E-state index is -0.839. The first-order chi connectivity index (χ1) is 5.49. The number of methoxy groups -OCH3 is 1. The molecule has 1 heterocycles. The molecule has 2 N–H and O–H groups in total. The van der Waals surface area contributed by atoms with Crippen molar-refractivity contribution in [2.75, 3.05) is 7.11 Å². The topological polar surface area (TPSA) is 58.9 Å². The summed E-state index contributed by atoms with van der Waals surface area (Å²) >= 11 is 0. The van der Waals surface area contributed by atoms with Gasteiger partial charge >= 0.3 is 0 Å². The maximum absolute atomic E-state index is 9.65. The molecule has 0 aromatic heterocycles. The molecule has 72 valence electrons. The fourth-order valence-electron chi connectivity index (χ4n) is 1.54. The summed E-state index contributed by atoms with van der Waals surface area (Å²) in [6, 6.07) is 0. The fraction of sp³-hybridized carbons (Fsp3) is 1.00. The Morgan fingerprint density at radius 1 is 1.50 bits per heavy atom. The third kappa shape index (κ3) is 1.61. The Morgan fingerprint density at radius 3 is 2.58 bits per heavy atom. The van der Waals surface area contributed by atoms with Crippen molar-refractivity contribution in [2.45, 2.75) is 44.4 Å². The zero-order valence-corrected chi connectivity index (χ0v) is 7.65. The first-order valence-electron chi connectivity index (χ1n) is 4.06. The summed E-state index contributed by atoms with van der Waals surface area (Å²) in [6.45, 7) is 3.48. The zero-order valence-electron chi connectivity index (χ0n) is 7.65. The second-order valence-corrected chi connectivity index (χ2v) is 3.46. The highest BCUT2D eigenvalue weighted by molar-refractivity contribution is 4.91. The smallest absolute Gasteiger partial charge is 0.157 e. The minimum Gasteiger partial charge on any atom is -0.387 e. The van der Waals surface area contributed by atoms with E-state index in [1.54, 1.807) is 13.8 Å². The van der Waals surface area contributed by atoms with Crippen LogP contribution in [0.4, 0.5) is 0 Å². The number of rotatable bonds is 1. The van der Waals surface area contributed by atoms with E-state index >= 15 is 0 Å². The van der Waals surface area contributed by atoms with Gasteiger partial charge in [0.15, 0.2) is 6.29 Å². The van der Waals surface area contributed by atoms with Gasteiger partial charge in [-0.05, 0) is 13.8 Å². The third-order valence-corrected chi connectivity index (χ3v) is 2.49.